The van der Waals surface area contributed by atoms with Crippen molar-refractivity contribution in [2.24, 2.45) is 0 Å². The molecule has 1 N–H and O–H groups in total. The molecule has 0 bridgehead atoms. The van der Waals surface area contributed by atoms with Gasteiger partial charge in [0.05, 0.1) is 0 Å². The molecule has 0 unspecified atom stereocenters. The first-order valence-electron chi connectivity index (χ1n) is 10.5. The van der Waals surface area contributed by atoms with Crippen molar-refractivity contribution in [2.45, 2.75) is 96.1 Å². The number of unbranched alkanes of at least 4 members (excludes halogenated alkanes) is 1. The van der Waals surface area contributed by atoms with Crippen molar-refractivity contribution in [1.29, 1.82) is 0 Å². The molecule has 24 heavy (non-hydrogen) atoms. The topological polar surface area (TPSA) is 15.3 Å². The summed E-state index contributed by atoms with van der Waals surface area (Å²) in [4.78, 5) is 2.83. The first kappa shape index (κ1) is 17.6. The zero-order valence-electron chi connectivity index (χ0n) is 15.6. The molecule has 134 valence electrons. The molecule has 2 fully saturated rings. The molecular weight excluding hydrogens is 292 g/mol. The molecule has 0 spiro atoms. The van der Waals surface area contributed by atoms with E-state index in [1.54, 1.807) is 0 Å². The summed E-state index contributed by atoms with van der Waals surface area (Å²) in [5.74, 6) is 0. The first-order valence-corrected chi connectivity index (χ1v) is 10.5. The minimum absolute atomic E-state index is 0.778. The molecule has 2 heteroatoms. The van der Waals surface area contributed by atoms with Crippen LogP contribution in [0, 0.1) is 0 Å². The van der Waals surface area contributed by atoms with E-state index in [0.717, 1.165) is 18.6 Å². The van der Waals surface area contributed by atoms with Gasteiger partial charge in [0, 0.05) is 30.0 Å². The Morgan fingerprint density at radius 2 is 1.38 bits per heavy atom. The molecule has 0 aliphatic heterocycles. The summed E-state index contributed by atoms with van der Waals surface area (Å²) in [7, 11) is 0. The maximum absolute atomic E-state index is 3.55. The Balaban J connectivity index is 1.71. The number of rotatable bonds is 7. The summed E-state index contributed by atoms with van der Waals surface area (Å²) in [6, 6.07) is 10.9. The highest BCUT2D eigenvalue weighted by Gasteiger charge is 2.28. The SMILES string of the molecule is CCCCNc1ccc(N(C2CCCCC2)C2CCCCC2)cc1. The van der Waals surface area contributed by atoms with Gasteiger partial charge in [-0.1, -0.05) is 51.9 Å². The maximum Gasteiger partial charge on any atom is 0.0372 e. The van der Waals surface area contributed by atoms with Crippen LogP contribution in [-0.2, 0) is 0 Å². The zero-order valence-corrected chi connectivity index (χ0v) is 15.6. The van der Waals surface area contributed by atoms with Crippen LogP contribution in [0.2, 0.25) is 0 Å². The van der Waals surface area contributed by atoms with E-state index in [4.69, 9.17) is 0 Å². The molecule has 0 atom stereocenters. The highest BCUT2D eigenvalue weighted by atomic mass is 15.2. The predicted molar refractivity (Wildman–Crippen MR) is 106 cm³/mol. The van der Waals surface area contributed by atoms with Gasteiger partial charge in [-0.3, -0.25) is 0 Å². The van der Waals surface area contributed by atoms with E-state index in [-0.39, 0.29) is 0 Å². The lowest BCUT2D eigenvalue weighted by Gasteiger charge is -2.43. The molecule has 2 saturated carbocycles. The Labute approximate surface area is 149 Å². The molecule has 0 radical (unpaired) electrons. The van der Waals surface area contributed by atoms with Gasteiger partial charge in [0.2, 0.25) is 0 Å². The largest absolute Gasteiger partial charge is 0.385 e. The van der Waals surface area contributed by atoms with Gasteiger partial charge in [0.25, 0.3) is 0 Å². The molecule has 0 aromatic heterocycles. The molecule has 0 heterocycles. The lowest BCUT2D eigenvalue weighted by atomic mass is 9.88. The quantitative estimate of drug-likeness (QED) is 0.585. The van der Waals surface area contributed by atoms with E-state index in [0.29, 0.717) is 0 Å². The Morgan fingerprint density at radius 3 is 1.88 bits per heavy atom. The standard InChI is InChI=1S/C22H36N2/c1-2-3-18-23-19-14-16-22(17-15-19)24(20-10-6-4-7-11-20)21-12-8-5-9-13-21/h14-17,20-21,23H,2-13,18H2,1H3. The number of nitrogens with one attached hydrogen (secondary N) is 1. The second-order valence-electron chi connectivity index (χ2n) is 7.82. The van der Waals surface area contributed by atoms with E-state index >= 15 is 0 Å². The molecule has 0 saturated heterocycles. The monoisotopic (exact) mass is 328 g/mol. The van der Waals surface area contributed by atoms with Crippen LogP contribution >= 0.6 is 0 Å². The summed E-state index contributed by atoms with van der Waals surface area (Å²) in [5.41, 5.74) is 2.74. The molecule has 2 aliphatic carbocycles. The van der Waals surface area contributed by atoms with Gasteiger partial charge in [-0.2, -0.15) is 0 Å². The van der Waals surface area contributed by atoms with Gasteiger partial charge in [0.1, 0.15) is 0 Å². The Kier molecular flexibility index (Phi) is 6.86. The Morgan fingerprint density at radius 1 is 0.833 bits per heavy atom. The van der Waals surface area contributed by atoms with E-state index in [1.807, 2.05) is 0 Å². The summed E-state index contributed by atoms with van der Waals surface area (Å²) in [6.07, 6.45) is 16.6. The molecule has 2 nitrogen and oxygen atoms in total. The number of anilines is 2. The van der Waals surface area contributed by atoms with Crippen LogP contribution in [0.25, 0.3) is 0 Å². The number of hydrogen-bond donors (Lipinski definition) is 1. The number of nitrogens with zero attached hydrogens (tertiary/aromatic N) is 1. The van der Waals surface area contributed by atoms with E-state index in [2.05, 4.69) is 41.4 Å². The summed E-state index contributed by atoms with van der Waals surface area (Å²) < 4.78 is 0. The Hall–Kier alpha value is -1.18. The van der Waals surface area contributed by atoms with Crippen molar-refractivity contribution in [3.63, 3.8) is 0 Å². The predicted octanol–water partition coefficient (Wildman–Crippen LogP) is 6.37. The molecule has 1 aromatic carbocycles. The van der Waals surface area contributed by atoms with Gasteiger partial charge in [0.15, 0.2) is 0 Å². The highest BCUT2D eigenvalue weighted by Crippen LogP contribution is 2.34. The number of hydrogen-bond acceptors (Lipinski definition) is 2. The second kappa shape index (κ2) is 9.34. The lowest BCUT2D eigenvalue weighted by Crippen LogP contribution is -2.45. The lowest BCUT2D eigenvalue weighted by molar-refractivity contribution is 0.340. The first-order chi connectivity index (χ1) is 11.9. The average Bonchev–Trinajstić information content (AvgIpc) is 2.65. The minimum atomic E-state index is 0.778. The Bertz CT molecular complexity index is 437. The van der Waals surface area contributed by atoms with Crippen molar-refractivity contribution < 1.29 is 0 Å². The van der Waals surface area contributed by atoms with Gasteiger partial charge >= 0.3 is 0 Å². The summed E-state index contributed by atoms with van der Waals surface area (Å²) in [6.45, 7) is 3.34. The van der Waals surface area contributed by atoms with Gasteiger partial charge in [-0.15, -0.1) is 0 Å². The van der Waals surface area contributed by atoms with Crippen molar-refractivity contribution >= 4 is 11.4 Å². The van der Waals surface area contributed by atoms with E-state index in [1.165, 1.54) is 88.4 Å². The van der Waals surface area contributed by atoms with Crippen molar-refractivity contribution in [3.05, 3.63) is 24.3 Å². The number of benzene rings is 1. The van der Waals surface area contributed by atoms with Crippen LogP contribution < -0.4 is 10.2 Å². The third-order valence-electron chi connectivity index (χ3n) is 5.96. The van der Waals surface area contributed by atoms with Gasteiger partial charge in [-0.05, 0) is 56.4 Å². The fourth-order valence-electron chi connectivity index (χ4n) is 4.60. The molecule has 0 amide bonds. The maximum atomic E-state index is 3.55. The van der Waals surface area contributed by atoms with E-state index < -0.39 is 0 Å². The second-order valence-corrected chi connectivity index (χ2v) is 7.82. The van der Waals surface area contributed by atoms with Crippen LogP contribution in [-0.4, -0.2) is 18.6 Å². The summed E-state index contributed by atoms with van der Waals surface area (Å²) >= 11 is 0. The molecule has 1 aromatic rings. The van der Waals surface area contributed by atoms with Crippen LogP contribution in [0.3, 0.4) is 0 Å². The minimum Gasteiger partial charge on any atom is -0.385 e. The third-order valence-corrected chi connectivity index (χ3v) is 5.96. The van der Waals surface area contributed by atoms with Crippen molar-refractivity contribution in [2.75, 3.05) is 16.8 Å². The third kappa shape index (κ3) is 4.68. The molecule has 2 aliphatic rings. The van der Waals surface area contributed by atoms with Crippen molar-refractivity contribution in [1.82, 2.24) is 0 Å². The summed E-state index contributed by atoms with van der Waals surface area (Å²) in [5, 5.41) is 3.55. The fraction of sp³-hybridized carbons (Fsp3) is 0.727. The molecule has 3 rings (SSSR count). The van der Waals surface area contributed by atoms with Crippen molar-refractivity contribution in [3.8, 4) is 0 Å². The van der Waals surface area contributed by atoms with Crippen LogP contribution in [0.5, 0.6) is 0 Å². The highest BCUT2D eigenvalue weighted by molar-refractivity contribution is 5.56. The van der Waals surface area contributed by atoms with Gasteiger partial charge in [-0.25, -0.2) is 0 Å². The van der Waals surface area contributed by atoms with Gasteiger partial charge < -0.3 is 10.2 Å². The smallest absolute Gasteiger partial charge is 0.0372 e. The van der Waals surface area contributed by atoms with Crippen LogP contribution in [0.15, 0.2) is 24.3 Å². The average molecular weight is 329 g/mol. The molecular formula is C22H36N2. The van der Waals surface area contributed by atoms with Crippen LogP contribution in [0.4, 0.5) is 11.4 Å². The normalized spacial score (nSPS) is 20.0. The van der Waals surface area contributed by atoms with Crippen LogP contribution in [0.1, 0.15) is 84.0 Å². The van der Waals surface area contributed by atoms with E-state index in [9.17, 15) is 0 Å². The zero-order chi connectivity index (χ0) is 16.6. The fourth-order valence-corrected chi connectivity index (χ4v) is 4.60.